The van der Waals surface area contributed by atoms with Gasteiger partial charge in [-0.05, 0) is 32.4 Å². The monoisotopic (exact) mass is 247 g/mol. The molecule has 1 saturated heterocycles. The van der Waals surface area contributed by atoms with E-state index < -0.39 is 0 Å². The fraction of sp³-hybridized carbons (Fsp3) is 0.600. The van der Waals surface area contributed by atoms with Crippen molar-refractivity contribution in [2.45, 2.75) is 45.0 Å². The third kappa shape index (κ3) is 1.82. The average Bonchev–Trinajstić information content (AvgIpc) is 2.70. The van der Waals surface area contributed by atoms with Crippen LogP contribution in [0.25, 0.3) is 0 Å². The van der Waals surface area contributed by atoms with Gasteiger partial charge in [-0.1, -0.05) is 12.1 Å². The number of fused-ring (bicyclic) bond motifs is 3. The van der Waals surface area contributed by atoms with Gasteiger partial charge in [-0.25, -0.2) is 0 Å². The Labute approximate surface area is 108 Å². The van der Waals surface area contributed by atoms with E-state index in [0.29, 0.717) is 12.5 Å². The van der Waals surface area contributed by atoms with E-state index in [-0.39, 0.29) is 11.7 Å². The van der Waals surface area contributed by atoms with Crippen molar-refractivity contribution >= 4 is 0 Å². The summed E-state index contributed by atoms with van der Waals surface area (Å²) in [5, 5.41) is 3.44. The SMILES string of the molecule is CC(C)Oc1cccc2c1CO[C@]1(C)CNC[C@@H]21. The molecule has 2 heterocycles. The lowest BCUT2D eigenvalue weighted by Gasteiger charge is -2.37. The lowest BCUT2D eigenvalue weighted by Crippen LogP contribution is -2.39. The van der Waals surface area contributed by atoms with Gasteiger partial charge in [-0.2, -0.15) is 0 Å². The van der Waals surface area contributed by atoms with Crippen molar-refractivity contribution in [3.8, 4) is 5.75 Å². The number of hydrogen-bond acceptors (Lipinski definition) is 3. The van der Waals surface area contributed by atoms with Crippen LogP contribution in [-0.2, 0) is 11.3 Å². The lowest BCUT2D eigenvalue weighted by atomic mass is 9.81. The Bertz CT molecular complexity index is 458. The van der Waals surface area contributed by atoms with Gasteiger partial charge in [0.25, 0.3) is 0 Å². The highest BCUT2D eigenvalue weighted by molar-refractivity contribution is 5.45. The Hall–Kier alpha value is -1.06. The molecule has 0 amide bonds. The van der Waals surface area contributed by atoms with Gasteiger partial charge in [-0.3, -0.25) is 0 Å². The van der Waals surface area contributed by atoms with Crippen LogP contribution in [0.15, 0.2) is 18.2 Å². The maximum Gasteiger partial charge on any atom is 0.125 e. The van der Waals surface area contributed by atoms with E-state index in [4.69, 9.17) is 9.47 Å². The third-order valence-corrected chi connectivity index (χ3v) is 4.02. The highest BCUT2D eigenvalue weighted by atomic mass is 16.5. The molecular weight excluding hydrogens is 226 g/mol. The zero-order valence-corrected chi connectivity index (χ0v) is 11.3. The number of benzene rings is 1. The largest absolute Gasteiger partial charge is 0.491 e. The number of ether oxygens (including phenoxy) is 2. The molecule has 0 aromatic heterocycles. The first-order valence-corrected chi connectivity index (χ1v) is 6.73. The van der Waals surface area contributed by atoms with Gasteiger partial charge in [0.2, 0.25) is 0 Å². The first-order valence-electron chi connectivity index (χ1n) is 6.73. The Morgan fingerprint density at radius 1 is 1.44 bits per heavy atom. The van der Waals surface area contributed by atoms with Gasteiger partial charge >= 0.3 is 0 Å². The summed E-state index contributed by atoms with van der Waals surface area (Å²) in [5.74, 6) is 1.42. The first kappa shape index (κ1) is 12.0. The predicted molar refractivity (Wildman–Crippen MR) is 71.0 cm³/mol. The molecule has 1 aromatic rings. The van der Waals surface area contributed by atoms with Gasteiger partial charge in [0.1, 0.15) is 5.75 Å². The van der Waals surface area contributed by atoms with Gasteiger partial charge in [0.05, 0.1) is 18.3 Å². The highest BCUT2D eigenvalue weighted by Crippen LogP contribution is 2.43. The van der Waals surface area contributed by atoms with E-state index in [0.717, 1.165) is 18.8 Å². The van der Waals surface area contributed by atoms with Crippen LogP contribution in [-0.4, -0.2) is 24.8 Å². The Balaban J connectivity index is 2.01. The van der Waals surface area contributed by atoms with E-state index in [1.165, 1.54) is 11.1 Å². The molecule has 0 unspecified atom stereocenters. The summed E-state index contributed by atoms with van der Waals surface area (Å²) >= 11 is 0. The summed E-state index contributed by atoms with van der Waals surface area (Å²) in [4.78, 5) is 0. The topological polar surface area (TPSA) is 30.5 Å². The van der Waals surface area contributed by atoms with Crippen LogP contribution in [0.3, 0.4) is 0 Å². The van der Waals surface area contributed by atoms with Crippen LogP contribution in [0.5, 0.6) is 5.75 Å². The molecule has 0 bridgehead atoms. The smallest absolute Gasteiger partial charge is 0.125 e. The zero-order chi connectivity index (χ0) is 12.8. The lowest BCUT2D eigenvalue weighted by molar-refractivity contribution is -0.0529. The van der Waals surface area contributed by atoms with Crippen LogP contribution in [0.2, 0.25) is 0 Å². The highest BCUT2D eigenvalue weighted by Gasteiger charge is 2.45. The second-order valence-corrected chi connectivity index (χ2v) is 5.78. The minimum atomic E-state index is -0.0521. The molecule has 2 atom stereocenters. The molecule has 3 nitrogen and oxygen atoms in total. The second-order valence-electron chi connectivity index (χ2n) is 5.78. The van der Waals surface area contributed by atoms with Gasteiger partial charge in [0, 0.05) is 24.6 Å². The summed E-state index contributed by atoms with van der Waals surface area (Å²) in [5.41, 5.74) is 2.58. The van der Waals surface area contributed by atoms with Gasteiger partial charge in [-0.15, -0.1) is 0 Å². The molecule has 0 aliphatic carbocycles. The molecule has 1 fully saturated rings. The van der Waals surface area contributed by atoms with Crippen molar-refractivity contribution < 1.29 is 9.47 Å². The molecule has 2 aliphatic rings. The van der Waals surface area contributed by atoms with Crippen LogP contribution in [0, 0.1) is 0 Å². The van der Waals surface area contributed by atoms with Crippen LogP contribution >= 0.6 is 0 Å². The van der Waals surface area contributed by atoms with Gasteiger partial charge < -0.3 is 14.8 Å². The maximum atomic E-state index is 6.10. The fourth-order valence-electron chi connectivity index (χ4n) is 3.06. The summed E-state index contributed by atoms with van der Waals surface area (Å²) in [6, 6.07) is 6.37. The molecular formula is C15H21NO2. The van der Waals surface area contributed by atoms with Crippen molar-refractivity contribution in [1.29, 1.82) is 0 Å². The van der Waals surface area contributed by atoms with Crippen LogP contribution < -0.4 is 10.1 Å². The fourth-order valence-corrected chi connectivity index (χ4v) is 3.06. The van der Waals surface area contributed by atoms with Crippen molar-refractivity contribution in [3.05, 3.63) is 29.3 Å². The summed E-state index contributed by atoms with van der Waals surface area (Å²) < 4.78 is 12.0. The molecule has 18 heavy (non-hydrogen) atoms. The molecule has 3 heteroatoms. The summed E-state index contributed by atoms with van der Waals surface area (Å²) in [7, 11) is 0. The van der Waals surface area contributed by atoms with E-state index in [1.807, 2.05) is 6.07 Å². The van der Waals surface area contributed by atoms with E-state index >= 15 is 0 Å². The van der Waals surface area contributed by atoms with Crippen molar-refractivity contribution in [2.75, 3.05) is 13.1 Å². The van der Waals surface area contributed by atoms with Crippen molar-refractivity contribution in [3.63, 3.8) is 0 Å². The minimum absolute atomic E-state index is 0.0521. The number of rotatable bonds is 2. The summed E-state index contributed by atoms with van der Waals surface area (Å²) in [6.45, 7) is 8.92. The minimum Gasteiger partial charge on any atom is -0.491 e. The average molecular weight is 247 g/mol. The van der Waals surface area contributed by atoms with Crippen LogP contribution in [0.1, 0.15) is 37.8 Å². The molecule has 0 saturated carbocycles. The maximum absolute atomic E-state index is 6.10. The molecule has 1 N–H and O–H groups in total. The Kier molecular flexibility index (Phi) is 2.83. The quantitative estimate of drug-likeness (QED) is 0.870. The third-order valence-electron chi connectivity index (χ3n) is 4.02. The normalized spacial score (nSPS) is 30.1. The zero-order valence-electron chi connectivity index (χ0n) is 11.3. The second kappa shape index (κ2) is 4.25. The van der Waals surface area contributed by atoms with Crippen molar-refractivity contribution in [1.82, 2.24) is 5.32 Å². The Morgan fingerprint density at radius 2 is 2.28 bits per heavy atom. The van der Waals surface area contributed by atoms with E-state index in [1.54, 1.807) is 0 Å². The molecule has 3 rings (SSSR count). The Morgan fingerprint density at radius 3 is 3.06 bits per heavy atom. The van der Waals surface area contributed by atoms with E-state index in [9.17, 15) is 0 Å². The number of nitrogens with one attached hydrogen (secondary N) is 1. The molecule has 1 aromatic carbocycles. The van der Waals surface area contributed by atoms with Crippen molar-refractivity contribution in [2.24, 2.45) is 0 Å². The molecule has 0 spiro atoms. The summed E-state index contributed by atoms with van der Waals surface area (Å²) in [6.07, 6.45) is 0.200. The molecule has 2 aliphatic heterocycles. The van der Waals surface area contributed by atoms with Gasteiger partial charge in [0.15, 0.2) is 0 Å². The first-order chi connectivity index (χ1) is 8.60. The standard InChI is InChI=1S/C15H21NO2/c1-10(2)18-14-6-4-5-11-12(14)8-17-15(3)9-16-7-13(11)15/h4-6,10,13,16H,7-9H2,1-3H3/t13-,15+/m0/s1. The van der Waals surface area contributed by atoms with Crippen LogP contribution in [0.4, 0.5) is 0 Å². The predicted octanol–water partition coefficient (Wildman–Crippen LogP) is 2.45. The molecule has 98 valence electrons. The van der Waals surface area contributed by atoms with E-state index in [2.05, 4.69) is 38.2 Å². The molecule has 0 radical (unpaired) electrons. The number of hydrogen-bond donors (Lipinski definition) is 1.